The van der Waals surface area contributed by atoms with Gasteiger partial charge in [0.25, 0.3) is 5.91 Å². The molecule has 0 radical (unpaired) electrons. The Balaban J connectivity index is 1.71. The molecule has 2 heterocycles. The maximum atomic E-state index is 14.4. The maximum Gasteiger partial charge on any atom is 0.268 e. The highest BCUT2D eigenvalue weighted by atomic mass is 19.1. The number of nitrogens with zero attached hydrogens (tertiary/aromatic N) is 2. The minimum Gasteiger partial charge on any atom is -0.351 e. The number of hydrogen-bond acceptors (Lipinski definition) is 2. The Morgan fingerprint density at radius 3 is 2.74 bits per heavy atom. The predicted octanol–water partition coefficient (Wildman–Crippen LogP) is 3.70. The zero-order valence-electron chi connectivity index (χ0n) is 14.4. The first kappa shape index (κ1) is 17.0. The maximum absolute atomic E-state index is 14.4. The quantitative estimate of drug-likeness (QED) is 0.579. The van der Waals surface area contributed by atoms with E-state index in [1.165, 1.54) is 18.2 Å². The summed E-state index contributed by atoms with van der Waals surface area (Å²) in [5.74, 6) is -0.770. The Labute approximate surface area is 153 Å². The number of carbonyl (C=O) groups excluding carboxylic acids is 1. The summed E-state index contributed by atoms with van der Waals surface area (Å²) in [4.78, 5) is 20.0. The summed E-state index contributed by atoms with van der Waals surface area (Å²) < 4.78 is 29.5. The Hall–Kier alpha value is -3.48. The van der Waals surface area contributed by atoms with Crippen molar-refractivity contribution in [1.82, 2.24) is 19.9 Å². The smallest absolute Gasteiger partial charge is 0.268 e. The largest absolute Gasteiger partial charge is 0.351 e. The van der Waals surface area contributed by atoms with E-state index in [4.69, 9.17) is 0 Å². The predicted molar refractivity (Wildman–Crippen MR) is 97.2 cm³/mol. The first-order valence-corrected chi connectivity index (χ1v) is 8.34. The number of hydrogen-bond donors (Lipinski definition) is 2. The molecule has 136 valence electrons. The highest BCUT2D eigenvalue weighted by Crippen LogP contribution is 2.24. The number of halogens is 2. The topological polar surface area (TPSA) is 62.7 Å². The number of imidazole rings is 1. The lowest BCUT2D eigenvalue weighted by atomic mass is 10.1. The minimum absolute atomic E-state index is 0.256. The molecule has 2 aromatic heterocycles. The molecular formula is C20H16F2N4O. The van der Waals surface area contributed by atoms with Crippen molar-refractivity contribution in [2.75, 3.05) is 0 Å². The van der Waals surface area contributed by atoms with Crippen LogP contribution in [0.4, 0.5) is 8.78 Å². The van der Waals surface area contributed by atoms with E-state index in [9.17, 15) is 13.6 Å². The molecule has 0 aliphatic heterocycles. The van der Waals surface area contributed by atoms with Crippen molar-refractivity contribution in [3.8, 4) is 0 Å². The van der Waals surface area contributed by atoms with Crippen molar-refractivity contribution in [2.24, 2.45) is 7.05 Å². The van der Waals surface area contributed by atoms with Crippen molar-refractivity contribution in [2.45, 2.75) is 6.04 Å². The fourth-order valence-corrected chi connectivity index (χ4v) is 3.08. The lowest BCUT2D eigenvalue weighted by Gasteiger charge is -2.19. The van der Waals surface area contributed by atoms with Crippen LogP contribution < -0.4 is 5.32 Å². The molecule has 7 heteroatoms. The molecule has 0 saturated heterocycles. The number of aryl methyl sites for hydroxylation is 1. The highest BCUT2D eigenvalue weighted by Gasteiger charge is 2.24. The Kier molecular flexibility index (Phi) is 4.19. The fraction of sp³-hybridized carbons (Fsp3) is 0.100. The monoisotopic (exact) mass is 366 g/mol. The zero-order valence-corrected chi connectivity index (χ0v) is 14.4. The van der Waals surface area contributed by atoms with Gasteiger partial charge in [0, 0.05) is 35.9 Å². The molecule has 2 N–H and O–H groups in total. The zero-order chi connectivity index (χ0) is 19.0. The number of fused-ring (bicyclic) bond motifs is 1. The van der Waals surface area contributed by atoms with Gasteiger partial charge in [-0.1, -0.05) is 18.2 Å². The lowest BCUT2D eigenvalue weighted by molar-refractivity contribution is 0.0936. The van der Waals surface area contributed by atoms with Crippen LogP contribution in [-0.4, -0.2) is 20.4 Å². The molecule has 0 bridgehead atoms. The standard InChI is InChI=1S/C20H16F2N4O/c1-26-9-8-23-19(26)18(14-4-2-3-5-15(14)22)25-20(27)17-11-12-10-13(21)6-7-16(12)24-17/h2-11,18,24H,1H3,(H,25,27). The number of H-pyrrole nitrogens is 1. The highest BCUT2D eigenvalue weighted by molar-refractivity contribution is 5.98. The Morgan fingerprint density at radius 2 is 2.00 bits per heavy atom. The third kappa shape index (κ3) is 3.19. The van der Waals surface area contributed by atoms with E-state index in [1.54, 1.807) is 54.3 Å². The minimum atomic E-state index is -0.776. The summed E-state index contributed by atoms with van der Waals surface area (Å²) in [7, 11) is 1.77. The summed E-state index contributed by atoms with van der Waals surface area (Å²) in [6, 6.07) is 11.2. The van der Waals surface area contributed by atoms with Gasteiger partial charge in [0.2, 0.25) is 0 Å². The molecule has 5 nitrogen and oxygen atoms in total. The third-order valence-electron chi connectivity index (χ3n) is 4.44. The summed E-state index contributed by atoms with van der Waals surface area (Å²) in [5.41, 5.74) is 1.20. The van der Waals surface area contributed by atoms with E-state index in [0.29, 0.717) is 22.3 Å². The van der Waals surface area contributed by atoms with Crippen molar-refractivity contribution in [3.63, 3.8) is 0 Å². The average Bonchev–Trinajstić information content (AvgIpc) is 3.26. The summed E-state index contributed by atoms with van der Waals surface area (Å²) in [6.45, 7) is 0. The van der Waals surface area contributed by atoms with E-state index in [2.05, 4.69) is 15.3 Å². The van der Waals surface area contributed by atoms with Crippen LogP contribution in [0.5, 0.6) is 0 Å². The summed E-state index contributed by atoms with van der Waals surface area (Å²) in [5, 5.41) is 3.40. The van der Waals surface area contributed by atoms with E-state index in [1.807, 2.05) is 0 Å². The van der Waals surface area contributed by atoms with Gasteiger partial charge in [-0.25, -0.2) is 13.8 Å². The van der Waals surface area contributed by atoms with Crippen LogP contribution in [0, 0.1) is 11.6 Å². The molecule has 0 aliphatic carbocycles. The van der Waals surface area contributed by atoms with Gasteiger partial charge < -0.3 is 14.9 Å². The molecule has 0 fully saturated rings. The molecule has 1 amide bonds. The molecule has 27 heavy (non-hydrogen) atoms. The van der Waals surface area contributed by atoms with Gasteiger partial charge in [0.05, 0.1) is 0 Å². The molecule has 4 rings (SSSR count). The molecule has 0 saturated carbocycles. The summed E-state index contributed by atoms with van der Waals surface area (Å²) in [6.07, 6.45) is 3.31. The van der Waals surface area contributed by atoms with E-state index >= 15 is 0 Å². The second-order valence-electron chi connectivity index (χ2n) is 6.24. The molecule has 1 atom stereocenters. The van der Waals surface area contributed by atoms with Crippen LogP contribution in [0.2, 0.25) is 0 Å². The summed E-state index contributed by atoms with van der Waals surface area (Å²) >= 11 is 0. The average molecular weight is 366 g/mol. The fourth-order valence-electron chi connectivity index (χ4n) is 3.08. The number of benzene rings is 2. The second-order valence-corrected chi connectivity index (χ2v) is 6.24. The number of aromatic amines is 1. The lowest BCUT2D eigenvalue weighted by Crippen LogP contribution is -2.31. The second kappa shape index (κ2) is 6.68. The van der Waals surface area contributed by atoms with E-state index < -0.39 is 17.8 Å². The van der Waals surface area contributed by atoms with Gasteiger partial charge in [-0.05, 0) is 30.3 Å². The van der Waals surface area contributed by atoms with Gasteiger partial charge >= 0.3 is 0 Å². The van der Waals surface area contributed by atoms with Gasteiger partial charge in [0.15, 0.2) is 0 Å². The SMILES string of the molecule is Cn1ccnc1C(NC(=O)c1cc2cc(F)ccc2[nH]1)c1ccccc1F. The number of carbonyl (C=O) groups is 1. The van der Waals surface area contributed by atoms with Gasteiger partial charge in [-0.3, -0.25) is 4.79 Å². The van der Waals surface area contributed by atoms with Gasteiger partial charge in [-0.2, -0.15) is 0 Å². The Bertz CT molecular complexity index is 1130. The van der Waals surface area contributed by atoms with Crippen LogP contribution >= 0.6 is 0 Å². The third-order valence-corrected chi connectivity index (χ3v) is 4.44. The first-order chi connectivity index (χ1) is 13.0. The first-order valence-electron chi connectivity index (χ1n) is 8.34. The molecule has 4 aromatic rings. The number of nitrogens with one attached hydrogen (secondary N) is 2. The number of amides is 1. The van der Waals surface area contributed by atoms with Gasteiger partial charge in [0.1, 0.15) is 29.2 Å². The van der Waals surface area contributed by atoms with Crippen LogP contribution in [0.1, 0.15) is 27.9 Å². The van der Waals surface area contributed by atoms with Gasteiger partial charge in [-0.15, -0.1) is 0 Å². The number of rotatable bonds is 4. The van der Waals surface area contributed by atoms with Crippen molar-refractivity contribution < 1.29 is 13.6 Å². The van der Waals surface area contributed by atoms with Crippen LogP contribution in [0.15, 0.2) is 60.9 Å². The molecule has 0 spiro atoms. The van der Waals surface area contributed by atoms with E-state index in [0.717, 1.165) is 0 Å². The molecule has 1 unspecified atom stereocenters. The van der Waals surface area contributed by atoms with Crippen LogP contribution in [-0.2, 0) is 7.05 Å². The normalized spacial score (nSPS) is 12.3. The Morgan fingerprint density at radius 1 is 1.19 bits per heavy atom. The van der Waals surface area contributed by atoms with Crippen LogP contribution in [0.25, 0.3) is 10.9 Å². The molecule has 0 aliphatic rings. The number of aromatic nitrogens is 3. The van der Waals surface area contributed by atoms with Crippen molar-refractivity contribution in [1.29, 1.82) is 0 Å². The molecular weight excluding hydrogens is 350 g/mol. The van der Waals surface area contributed by atoms with Crippen molar-refractivity contribution in [3.05, 3.63) is 89.6 Å². The van der Waals surface area contributed by atoms with Crippen LogP contribution in [0.3, 0.4) is 0 Å². The van der Waals surface area contributed by atoms with E-state index in [-0.39, 0.29) is 11.5 Å². The molecule has 2 aromatic carbocycles. The van der Waals surface area contributed by atoms with Crippen molar-refractivity contribution >= 4 is 16.8 Å².